The first kappa shape index (κ1) is 12.4. The second-order valence-corrected chi connectivity index (χ2v) is 2.59. The highest BCUT2D eigenvalue weighted by Crippen LogP contribution is 1.92. The van der Waals surface area contributed by atoms with Gasteiger partial charge in [0.25, 0.3) is 0 Å². The van der Waals surface area contributed by atoms with Gasteiger partial charge in [0.15, 0.2) is 0 Å². The summed E-state index contributed by atoms with van der Waals surface area (Å²) in [5.74, 6) is -3.19. The Morgan fingerprint density at radius 1 is 1.29 bits per heavy atom. The Morgan fingerprint density at radius 3 is 2.21 bits per heavy atom. The lowest BCUT2D eigenvalue weighted by Crippen LogP contribution is -2.45. The molecule has 0 saturated heterocycles. The van der Waals surface area contributed by atoms with E-state index >= 15 is 0 Å². The van der Waals surface area contributed by atoms with Crippen LogP contribution >= 0.6 is 0 Å². The monoisotopic (exact) mass is 204 g/mol. The van der Waals surface area contributed by atoms with E-state index in [9.17, 15) is 14.4 Å². The molecular weight excluding hydrogens is 192 g/mol. The molecule has 0 radical (unpaired) electrons. The zero-order chi connectivity index (χ0) is 11.1. The molecule has 0 aliphatic heterocycles. The lowest BCUT2D eigenvalue weighted by Gasteiger charge is -2.11. The first-order chi connectivity index (χ1) is 6.47. The van der Waals surface area contributed by atoms with Crippen molar-refractivity contribution in [3.8, 4) is 0 Å². The van der Waals surface area contributed by atoms with E-state index in [2.05, 4.69) is 10.6 Å². The number of hydrogen-bond donors (Lipinski definition) is 4. The number of carbonyl (C=O) groups is 3. The number of carboxylic acids is 2. The summed E-state index contributed by atoms with van der Waals surface area (Å²) in [5, 5.41) is 21.5. The summed E-state index contributed by atoms with van der Waals surface area (Å²) in [4.78, 5) is 31.6. The fraction of sp³-hybridized carbons (Fsp3) is 0.571. The summed E-state index contributed by atoms with van der Waals surface area (Å²) < 4.78 is 0. The summed E-state index contributed by atoms with van der Waals surface area (Å²) in [7, 11) is 1.52. The topological polar surface area (TPSA) is 116 Å². The van der Waals surface area contributed by atoms with Crippen molar-refractivity contribution < 1.29 is 24.6 Å². The van der Waals surface area contributed by atoms with Gasteiger partial charge in [-0.05, 0) is 7.05 Å². The van der Waals surface area contributed by atoms with E-state index < -0.39 is 30.3 Å². The Labute approximate surface area is 80.1 Å². The van der Waals surface area contributed by atoms with Crippen molar-refractivity contribution in [2.45, 2.75) is 12.5 Å². The summed E-state index contributed by atoms with van der Waals surface area (Å²) in [6, 6.07) is -1.38. The van der Waals surface area contributed by atoms with Crippen LogP contribution in [0, 0.1) is 0 Å². The van der Waals surface area contributed by atoms with Crippen molar-refractivity contribution in [1.82, 2.24) is 10.6 Å². The Kier molecular flexibility index (Phi) is 5.23. The zero-order valence-corrected chi connectivity index (χ0v) is 7.61. The van der Waals surface area contributed by atoms with Crippen LogP contribution in [0.4, 0.5) is 0 Å². The fourth-order valence-corrected chi connectivity index (χ4v) is 0.781. The largest absolute Gasteiger partial charge is 0.481 e. The molecule has 0 aromatic heterocycles. The van der Waals surface area contributed by atoms with Gasteiger partial charge in [0.05, 0.1) is 13.0 Å². The van der Waals surface area contributed by atoms with Crippen molar-refractivity contribution in [2.75, 3.05) is 13.6 Å². The molecule has 0 aromatic carbocycles. The Balaban J connectivity index is 4.16. The standard InChI is InChI=1S/C7H12N2O5/c1-8-3-5(10)9-4(7(13)14)2-6(11)12/h4,8H,2-3H2,1H3,(H,9,10)(H,11,12)(H,13,14)/t4-/m0/s1. The quantitative estimate of drug-likeness (QED) is 0.407. The molecule has 0 spiro atoms. The number of likely N-dealkylation sites (N-methyl/N-ethyl adjacent to an activating group) is 1. The maximum Gasteiger partial charge on any atom is 0.326 e. The SMILES string of the molecule is CNCC(=O)N[C@@H](CC(=O)O)C(=O)O. The number of nitrogens with one attached hydrogen (secondary N) is 2. The van der Waals surface area contributed by atoms with Gasteiger partial charge in [0, 0.05) is 0 Å². The van der Waals surface area contributed by atoms with Crippen LogP contribution in [0.2, 0.25) is 0 Å². The van der Waals surface area contributed by atoms with Gasteiger partial charge in [-0.1, -0.05) is 0 Å². The normalized spacial score (nSPS) is 11.8. The predicted molar refractivity (Wildman–Crippen MR) is 45.7 cm³/mol. The molecule has 0 aliphatic rings. The first-order valence-corrected chi connectivity index (χ1v) is 3.86. The van der Waals surface area contributed by atoms with Gasteiger partial charge in [-0.3, -0.25) is 9.59 Å². The summed E-state index contributed by atoms with van der Waals surface area (Å²) >= 11 is 0. The second kappa shape index (κ2) is 5.92. The lowest BCUT2D eigenvalue weighted by molar-refractivity contribution is -0.147. The van der Waals surface area contributed by atoms with E-state index in [0.29, 0.717) is 0 Å². The molecule has 4 N–H and O–H groups in total. The van der Waals surface area contributed by atoms with Gasteiger partial charge >= 0.3 is 11.9 Å². The summed E-state index contributed by atoms with van der Waals surface area (Å²) in [6.07, 6.45) is -0.634. The molecule has 0 aliphatic carbocycles. The van der Waals surface area contributed by atoms with E-state index in [4.69, 9.17) is 10.2 Å². The average Bonchev–Trinajstić information content (AvgIpc) is 2.02. The summed E-state index contributed by atoms with van der Waals surface area (Å²) in [6.45, 7) is -0.0522. The van der Waals surface area contributed by atoms with Gasteiger partial charge in [-0.2, -0.15) is 0 Å². The van der Waals surface area contributed by atoms with Gasteiger partial charge in [0.1, 0.15) is 6.04 Å². The predicted octanol–water partition coefficient (Wildman–Crippen LogP) is -1.75. The minimum atomic E-state index is -1.38. The number of hydrogen-bond acceptors (Lipinski definition) is 4. The van der Waals surface area contributed by atoms with E-state index in [-0.39, 0.29) is 6.54 Å². The van der Waals surface area contributed by atoms with Crippen LogP contribution in [0.15, 0.2) is 0 Å². The third-order valence-electron chi connectivity index (χ3n) is 1.35. The maximum absolute atomic E-state index is 10.9. The molecule has 0 fully saturated rings. The molecule has 80 valence electrons. The van der Waals surface area contributed by atoms with Crippen LogP contribution in [-0.4, -0.2) is 47.7 Å². The Morgan fingerprint density at radius 2 is 1.86 bits per heavy atom. The number of rotatable bonds is 6. The molecule has 7 nitrogen and oxygen atoms in total. The number of carboxylic acid groups (broad SMARTS) is 2. The molecule has 0 bridgehead atoms. The Bertz CT molecular complexity index is 240. The third kappa shape index (κ3) is 5.09. The molecule has 1 atom stereocenters. The van der Waals surface area contributed by atoms with Crippen LogP contribution < -0.4 is 10.6 Å². The fourth-order valence-electron chi connectivity index (χ4n) is 0.781. The molecule has 0 aromatic rings. The summed E-state index contributed by atoms with van der Waals surface area (Å²) in [5.41, 5.74) is 0. The van der Waals surface area contributed by atoms with Gasteiger partial charge in [-0.25, -0.2) is 4.79 Å². The van der Waals surface area contributed by atoms with Crippen LogP contribution in [0.1, 0.15) is 6.42 Å². The van der Waals surface area contributed by atoms with Crippen LogP contribution in [0.25, 0.3) is 0 Å². The van der Waals surface area contributed by atoms with Crippen molar-refractivity contribution in [2.24, 2.45) is 0 Å². The molecule has 0 rings (SSSR count). The van der Waals surface area contributed by atoms with E-state index in [1.165, 1.54) is 7.05 Å². The zero-order valence-electron chi connectivity index (χ0n) is 7.61. The van der Waals surface area contributed by atoms with E-state index in [1.54, 1.807) is 0 Å². The second-order valence-electron chi connectivity index (χ2n) is 2.59. The van der Waals surface area contributed by atoms with Crippen molar-refractivity contribution in [1.29, 1.82) is 0 Å². The minimum absolute atomic E-state index is 0.0522. The number of carbonyl (C=O) groups excluding carboxylic acids is 1. The molecule has 0 saturated carbocycles. The maximum atomic E-state index is 10.9. The molecule has 14 heavy (non-hydrogen) atoms. The molecule has 0 heterocycles. The molecule has 0 unspecified atom stereocenters. The third-order valence-corrected chi connectivity index (χ3v) is 1.35. The highest BCUT2D eigenvalue weighted by molar-refractivity contribution is 5.87. The van der Waals surface area contributed by atoms with Crippen molar-refractivity contribution in [3.05, 3.63) is 0 Å². The van der Waals surface area contributed by atoms with Gasteiger partial charge in [0.2, 0.25) is 5.91 Å². The van der Waals surface area contributed by atoms with E-state index in [1.807, 2.05) is 0 Å². The van der Waals surface area contributed by atoms with Crippen LogP contribution in [-0.2, 0) is 14.4 Å². The van der Waals surface area contributed by atoms with Gasteiger partial charge in [-0.15, -0.1) is 0 Å². The molecular formula is C7H12N2O5. The average molecular weight is 204 g/mol. The van der Waals surface area contributed by atoms with Crippen LogP contribution in [0.5, 0.6) is 0 Å². The van der Waals surface area contributed by atoms with E-state index in [0.717, 1.165) is 0 Å². The first-order valence-electron chi connectivity index (χ1n) is 3.86. The number of aliphatic carboxylic acids is 2. The van der Waals surface area contributed by atoms with Crippen molar-refractivity contribution >= 4 is 17.8 Å². The Hall–Kier alpha value is -1.63. The van der Waals surface area contributed by atoms with Gasteiger partial charge < -0.3 is 20.8 Å². The van der Waals surface area contributed by atoms with Crippen LogP contribution in [0.3, 0.4) is 0 Å². The minimum Gasteiger partial charge on any atom is -0.481 e. The highest BCUT2D eigenvalue weighted by atomic mass is 16.4. The molecule has 7 heteroatoms. The van der Waals surface area contributed by atoms with Crippen molar-refractivity contribution in [3.63, 3.8) is 0 Å². The highest BCUT2D eigenvalue weighted by Gasteiger charge is 2.22. The smallest absolute Gasteiger partial charge is 0.326 e. The molecule has 1 amide bonds. The lowest BCUT2D eigenvalue weighted by atomic mass is 10.2. The number of amides is 1.